The Morgan fingerprint density at radius 2 is 1.93 bits per heavy atom. The van der Waals surface area contributed by atoms with Crippen LogP contribution in [0.1, 0.15) is 37.9 Å². The van der Waals surface area contributed by atoms with Gasteiger partial charge in [0.2, 0.25) is 0 Å². The van der Waals surface area contributed by atoms with Gasteiger partial charge in [0.25, 0.3) is 11.8 Å². The minimum Gasteiger partial charge on any atom is -0.488 e. The number of nitrogens with one attached hydrogen (secondary N) is 1. The summed E-state index contributed by atoms with van der Waals surface area (Å²) >= 11 is 1.64. The molecule has 3 rings (SSSR count). The summed E-state index contributed by atoms with van der Waals surface area (Å²) in [6, 6.07) is 16.3. The van der Waals surface area contributed by atoms with E-state index in [9.17, 15) is 9.59 Å². The number of carbonyl (C=O) groups excluding carboxylic acids is 2. The molecule has 0 bridgehead atoms. The molecule has 0 fully saturated rings. The van der Waals surface area contributed by atoms with Crippen molar-refractivity contribution in [2.45, 2.75) is 12.6 Å². The average Bonchev–Trinajstić information content (AvgIpc) is 3.27. The molecule has 30 heavy (non-hydrogen) atoms. The third-order valence-electron chi connectivity index (χ3n) is 4.74. The summed E-state index contributed by atoms with van der Waals surface area (Å²) in [5.74, 6) is -0.263. The van der Waals surface area contributed by atoms with Crippen molar-refractivity contribution in [2.75, 3.05) is 20.6 Å². The quantitative estimate of drug-likeness (QED) is 0.552. The van der Waals surface area contributed by atoms with E-state index in [2.05, 4.69) is 21.7 Å². The molecule has 156 valence electrons. The summed E-state index contributed by atoms with van der Waals surface area (Å²) in [4.78, 5) is 26.3. The average molecular weight is 424 g/mol. The zero-order chi connectivity index (χ0) is 21.5. The summed E-state index contributed by atoms with van der Waals surface area (Å²) < 4.78 is 5.76. The van der Waals surface area contributed by atoms with Gasteiger partial charge in [-0.25, -0.2) is 0 Å². The Morgan fingerprint density at radius 3 is 2.63 bits per heavy atom. The maximum Gasteiger partial charge on any atom is 0.252 e. The van der Waals surface area contributed by atoms with Gasteiger partial charge in [-0.3, -0.25) is 9.59 Å². The van der Waals surface area contributed by atoms with E-state index in [1.807, 2.05) is 31.6 Å². The van der Waals surface area contributed by atoms with E-state index in [-0.39, 0.29) is 18.6 Å². The molecule has 1 heterocycles. The van der Waals surface area contributed by atoms with Gasteiger partial charge in [-0.05, 0) is 66.3 Å². The number of rotatable bonds is 9. The lowest BCUT2D eigenvalue weighted by Crippen LogP contribution is -2.34. The predicted molar refractivity (Wildman–Crippen MR) is 119 cm³/mol. The largest absolute Gasteiger partial charge is 0.488 e. The van der Waals surface area contributed by atoms with Crippen LogP contribution in [0.3, 0.4) is 0 Å². The number of para-hydroxylation sites is 1. The number of thiophene rings is 1. The molecule has 0 saturated carbocycles. The molecule has 0 aliphatic heterocycles. The molecule has 1 atom stereocenters. The Labute approximate surface area is 180 Å². The second-order valence-electron chi connectivity index (χ2n) is 7.10. The van der Waals surface area contributed by atoms with Crippen molar-refractivity contribution in [3.05, 3.63) is 87.6 Å². The standard InChI is InChI=1S/C23H25N3O3S/c1-26(2)20(18-10-11-30-15-18)13-25-23(28)17-7-5-6-16(12-17)14-29-21-9-4-3-8-19(21)22(24)27/h3-12,15,20H,13-14H2,1-2H3,(H2,24,27)(H,25,28). The number of ether oxygens (including phenoxy) is 1. The Balaban J connectivity index is 1.63. The number of likely N-dealkylation sites (N-methyl/N-ethyl adjacent to an activating group) is 1. The molecule has 0 spiro atoms. The van der Waals surface area contributed by atoms with Gasteiger partial charge in [0.15, 0.2) is 0 Å². The van der Waals surface area contributed by atoms with Gasteiger partial charge in [-0.1, -0.05) is 24.3 Å². The number of carbonyl (C=O) groups is 2. The molecular formula is C23H25N3O3S. The fraction of sp³-hybridized carbons (Fsp3) is 0.217. The van der Waals surface area contributed by atoms with Gasteiger partial charge in [-0.2, -0.15) is 11.3 Å². The summed E-state index contributed by atoms with van der Waals surface area (Å²) in [6.07, 6.45) is 0. The van der Waals surface area contributed by atoms with Crippen molar-refractivity contribution in [1.29, 1.82) is 0 Å². The van der Waals surface area contributed by atoms with Crippen molar-refractivity contribution < 1.29 is 14.3 Å². The van der Waals surface area contributed by atoms with Crippen LogP contribution in [0.2, 0.25) is 0 Å². The van der Waals surface area contributed by atoms with Gasteiger partial charge in [0.1, 0.15) is 12.4 Å². The van der Waals surface area contributed by atoms with E-state index in [1.54, 1.807) is 47.7 Å². The van der Waals surface area contributed by atoms with E-state index < -0.39 is 5.91 Å². The van der Waals surface area contributed by atoms with Crippen molar-refractivity contribution >= 4 is 23.2 Å². The number of primary amides is 1. The van der Waals surface area contributed by atoms with Crippen molar-refractivity contribution in [2.24, 2.45) is 5.73 Å². The molecule has 2 aromatic carbocycles. The summed E-state index contributed by atoms with van der Waals surface area (Å²) in [5, 5.41) is 7.15. The molecule has 1 aromatic heterocycles. The number of nitrogens with zero attached hydrogens (tertiary/aromatic N) is 1. The Morgan fingerprint density at radius 1 is 1.13 bits per heavy atom. The van der Waals surface area contributed by atoms with Crippen LogP contribution in [0.4, 0.5) is 0 Å². The molecule has 6 nitrogen and oxygen atoms in total. The number of amides is 2. The third-order valence-corrected chi connectivity index (χ3v) is 5.44. The highest BCUT2D eigenvalue weighted by molar-refractivity contribution is 7.08. The number of benzene rings is 2. The molecule has 0 radical (unpaired) electrons. The Bertz CT molecular complexity index is 1000. The van der Waals surface area contributed by atoms with Crippen molar-refractivity contribution in [3.8, 4) is 5.75 Å². The summed E-state index contributed by atoms with van der Waals surface area (Å²) in [7, 11) is 3.99. The van der Waals surface area contributed by atoms with Crippen LogP contribution < -0.4 is 15.8 Å². The smallest absolute Gasteiger partial charge is 0.252 e. The lowest BCUT2D eigenvalue weighted by atomic mass is 10.1. The Hall–Kier alpha value is -3.16. The molecule has 3 N–H and O–H groups in total. The fourth-order valence-electron chi connectivity index (χ4n) is 3.11. The van der Waals surface area contributed by atoms with Crippen LogP contribution in [0.15, 0.2) is 65.4 Å². The first-order chi connectivity index (χ1) is 14.5. The zero-order valence-corrected chi connectivity index (χ0v) is 17.8. The van der Waals surface area contributed by atoms with Crippen LogP contribution in [-0.4, -0.2) is 37.4 Å². The number of hydrogen-bond acceptors (Lipinski definition) is 5. The van der Waals surface area contributed by atoms with E-state index >= 15 is 0 Å². The maximum atomic E-state index is 12.7. The molecular weight excluding hydrogens is 398 g/mol. The SMILES string of the molecule is CN(C)C(CNC(=O)c1cccc(COc2ccccc2C(N)=O)c1)c1ccsc1. The maximum absolute atomic E-state index is 12.7. The lowest BCUT2D eigenvalue weighted by molar-refractivity contribution is 0.0940. The first kappa shape index (κ1) is 21.5. The number of nitrogens with two attached hydrogens (primary N) is 1. The second-order valence-corrected chi connectivity index (χ2v) is 7.88. The Kier molecular flexibility index (Phi) is 7.21. The predicted octanol–water partition coefficient (Wildman–Crippen LogP) is 3.46. The van der Waals surface area contributed by atoms with Gasteiger partial charge < -0.3 is 20.7 Å². The van der Waals surface area contributed by atoms with Crippen molar-refractivity contribution in [1.82, 2.24) is 10.2 Å². The normalized spacial score (nSPS) is 11.8. The minimum atomic E-state index is -0.542. The van der Waals surface area contributed by atoms with E-state index in [4.69, 9.17) is 10.5 Å². The van der Waals surface area contributed by atoms with E-state index in [0.29, 0.717) is 23.4 Å². The first-order valence-electron chi connectivity index (χ1n) is 9.53. The van der Waals surface area contributed by atoms with Gasteiger partial charge in [-0.15, -0.1) is 0 Å². The number of hydrogen-bond donors (Lipinski definition) is 2. The van der Waals surface area contributed by atoms with Gasteiger partial charge in [0, 0.05) is 12.1 Å². The molecule has 0 aliphatic carbocycles. The van der Waals surface area contributed by atoms with Crippen LogP contribution in [0, 0.1) is 0 Å². The highest BCUT2D eigenvalue weighted by Gasteiger charge is 2.16. The molecule has 3 aromatic rings. The fourth-order valence-corrected chi connectivity index (χ4v) is 3.82. The van der Waals surface area contributed by atoms with Crippen LogP contribution in [0.25, 0.3) is 0 Å². The molecule has 2 amide bonds. The summed E-state index contributed by atoms with van der Waals surface area (Å²) in [5.41, 5.74) is 8.28. The highest BCUT2D eigenvalue weighted by atomic mass is 32.1. The zero-order valence-electron chi connectivity index (χ0n) is 17.0. The molecule has 0 aliphatic rings. The molecule has 0 saturated heterocycles. The molecule has 7 heteroatoms. The summed E-state index contributed by atoms with van der Waals surface area (Å²) in [6.45, 7) is 0.732. The van der Waals surface area contributed by atoms with E-state index in [0.717, 1.165) is 5.56 Å². The van der Waals surface area contributed by atoms with Crippen LogP contribution in [0.5, 0.6) is 5.75 Å². The molecule has 1 unspecified atom stereocenters. The van der Waals surface area contributed by atoms with Crippen LogP contribution in [-0.2, 0) is 6.61 Å². The van der Waals surface area contributed by atoms with Gasteiger partial charge in [0.05, 0.1) is 11.6 Å². The highest BCUT2D eigenvalue weighted by Crippen LogP contribution is 2.21. The van der Waals surface area contributed by atoms with Gasteiger partial charge >= 0.3 is 0 Å². The van der Waals surface area contributed by atoms with Crippen molar-refractivity contribution in [3.63, 3.8) is 0 Å². The topological polar surface area (TPSA) is 84.7 Å². The lowest BCUT2D eigenvalue weighted by Gasteiger charge is -2.24. The van der Waals surface area contributed by atoms with E-state index in [1.165, 1.54) is 5.56 Å². The third kappa shape index (κ3) is 5.46. The monoisotopic (exact) mass is 423 g/mol. The van der Waals surface area contributed by atoms with Crippen LogP contribution >= 0.6 is 11.3 Å². The second kappa shape index (κ2) is 10.0. The first-order valence-corrected chi connectivity index (χ1v) is 10.5. The minimum absolute atomic E-state index is 0.108.